The number of rotatable bonds is 4. The Labute approximate surface area is 119 Å². The van der Waals surface area contributed by atoms with Crippen molar-refractivity contribution in [2.24, 2.45) is 0 Å². The highest BCUT2D eigenvalue weighted by Crippen LogP contribution is 2.19. The first kappa shape index (κ1) is 13.6. The molecule has 2 rings (SSSR count). The maximum atomic E-state index is 11.6. The molecule has 0 aliphatic carbocycles. The van der Waals surface area contributed by atoms with Crippen molar-refractivity contribution in [3.8, 4) is 5.75 Å². The largest absolute Gasteiger partial charge is 0.484 e. The van der Waals surface area contributed by atoms with Crippen LogP contribution >= 0.6 is 23.2 Å². The van der Waals surface area contributed by atoms with Crippen molar-refractivity contribution in [3.05, 3.63) is 47.0 Å². The van der Waals surface area contributed by atoms with Gasteiger partial charge in [-0.05, 0) is 23.7 Å². The van der Waals surface area contributed by atoms with Gasteiger partial charge in [0.15, 0.2) is 11.8 Å². The van der Waals surface area contributed by atoms with Gasteiger partial charge in [-0.1, -0.05) is 29.8 Å². The number of anilines is 1. The average Bonchev–Trinajstić information content (AvgIpc) is 2.41. The van der Waals surface area contributed by atoms with Gasteiger partial charge in [-0.15, -0.1) is 0 Å². The zero-order valence-corrected chi connectivity index (χ0v) is 11.1. The summed E-state index contributed by atoms with van der Waals surface area (Å²) in [6.45, 7) is -0.136. The van der Waals surface area contributed by atoms with Crippen LogP contribution in [0.25, 0.3) is 0 Å². The van der Waals surface area contributed by atoms with Gasteiger partial charge < -0.3 is 10.1 Å². The van der Waals surface area contributed by atoms with Crippen LogP contribution in [0.15, 0.2) is 36.5 Å². The van der Waals surface area contributed by atoms with Crippen molar-refractivity contribution in [1.29, 1.82) is 0 Å². The number of para-hydroxylation sites is 1. The first-order chi connectivity index (χ1) is 9.15. The second-order valence-electron chi connectivity index (χ2n) is 3.49. The van der Waals surface area contributed by atoms with Crippen molar-refractivity contribution >= 4 is 34.8 Å². The van der Waals surface area contributed by atoms with Crippen molar-refractivity contribution in [3.63, 3.8) is 0 Å². The Morgan fingerprint density at radius 1 is 1.26 bits per heavy atom. The average molecular weight is 298 g/mol. The molecule has 0 saturated carbocycles. The molecule has 5 nitrogen and oxygen atoms in total. The number of amides is 1. The zero-order chi connectivity index (χ0) is 13.7. The Balaban J connectivity index is 1.91. The van der Waals surface area contributed by atoms with E-state index in [-0.39, 0.29) is 28.6 Å². The standard InChI is InChI=1S/C12H9Cl2N3O2/c13-11-9(6-15-12(14)17-11)16-10(18)7-19-8-4-2-1-3-5-8/h1-6H,7H2,(H,16,18). The molecule has 0 fully saturated rings. The second kappa shape index (κ2) is 6.36. The lowest BCUT2D eigenvalue weighted by Crippen LogP contribution is -2.20. The summed E-state index contributed by atoms with van der Waals surface area (Å²) >= 11 is 11.4. The molecule has 0 unspecified atom stereocenters. The van der Waals surface area contributed by atoms with Crippen molar-refractivity contribution < 1.29 is 9.53 Å². The number of halogens is 2. The van der Waals surface area contributed by atoms with Crippen LogP contribution in [-0.2, 0) is 4.79 Å². The van der Waals surface area contributed by atoms with E-state index in [4.69, 9.17) is 27.9 Å². The van der Waals surface area contributed by atoms with Crippen molar-refractivity contribution in [2.45, 2.75) is 0 Å². The van der Waals surface area contributed by atoms with Crippen molar-refractivity contribution in [2.75, 3.05) is 11.9 Å². The fraction of sp³-hybridized carbons (Fsp3) is 0.0833. The van der Waals surface area contributed by atoms with Crippen LogP contribution in [0.2, 0.25) is 10.4 Å². The van der Waals surface area contributed by atoms with Gasteiger partial charge in [-0.2, -0.15) is 0 Å². The zero-order valence-electron chi connectivity index (χ0n) is 9.64. The molecule has 1 heterocycles. The lowest BCUT2D eigenvalue weighted by Gasteiger charge is -2.07. The normalized spacial score (nSPS) is 10.0. The molecule has 0 radical (unpaired) electrons. The first-order valence-corrected chi connectivity index (χ1v) is 6.06. The van der Waals surface area contributed by atoms with E-state index in [1.807, 2.05) is 18.2 Å². The van der Waals surface area contributed by atoms with Gasteiger partial charge in [0, 0.05) is 0 Å². The quantitative estimate of drug-likeness (QED) is 0.696. The number of hydrogen-bond acceptors (Lipinski definition) is 4. The highest BCUT2D eigenvalue weighted by atomic mass is 35.5. The third-order valence-corrected chi connectivity index (χ3v) is 2.57. The highest BCUT2D eigenvalue weighted by Gasteiger charge is 2.08. The fourth-order valence-electron chi connectivity index (χ4n) is 1.28. The van der Waals surface area contributed by atoms with Gasteiger partial charge in [0.05, 0.1) is 11.9 Å². The molecule has 0 aliphatic rings. The number of aromatic nitrogens is 2. The molecule has 0 aliphatic heterocycles. The molecule has 1 N–H and O–H groups in total. The minimum atomic E-state index is -0.364. The molecule has 0 spiro atoms. The van der Waals surface area contributed by atoms with E-state index in [1.54, 1.807) is 12.1 Å². The molecule has 0 saturated heterocycles. The molecule has 1 amide bonds. The predicted molar refractivity (Wildman–Crippen MR) is 72.6 cm³/mol. The smallest absolute Gasteiger partial charge is 0.262 e. The van der Waals surface area contributed by atoms with Crippen LogP contribution in [0.3, 0.4) is 0 Å². The van der Waals surface area contributed by atoms with Crippen LogP contribution in [0.5, 0.6) is 5.75 Å². The topological polar surface area (TPSA) is 64.1 Å². The van der Waals surface area contributed by atoms with Crippen LogP contribution in [0.4, 0.5) is 5.69 Å². The van der Waals surface area contributed by atoms with Crippen LogP contribution in [-0.4, -0.2) is 22.5 Å². The molecule has 0 atom stereocenters. The van der Waals surface area contributed by atoms with Gasteiger partial charge in [-0.3, -0.25) is 4.79 Å². The Kier molecular flexibility index (Phi) is 4.54. The maximum Gasteiger partial charge on any atom is 0.262 e. The summed E-state index contributed by atoms with van der Waals surface area (Å²) in [5, 5.41) is 2.62. The SMILES string of the molecule is O=C(COc1ccccc1)Nc1cnc(Cl)nc1Cl. The maximum absolute atomic E-state index is 11.6. The third-order valence-electron chi connectivity index (χ3n) is 2.10. The van der Waals surface area contributed by atoms with E-state index in [2.05, 4.69) is 15.3 Å². The number of benzene rings is 1. The van der Waals surface area contributed by atoms with E-state index < -0.39 is 0 Å². The van der Waals surface area contributed by atoms with Gasteiger partial charge in [0.2, 0.25) is 5.28 Å². The Hall–Kier alpha value is -1.85. The molecular weight excluding hydrogens is 289 g/mol. The number of carbonyl (C=O) groups excluding carboxylic acids is 1. The van der Waals surface area contributed by atoms with Gasteiger partial charge in [0.25, 0.3) is 5.91 Å². The van der Waals surface area contributed by atoms with Crippen LogP contribution in [0, 0.1) is 0 Å². The summed E-state index contributed by atoms with van der Waals surface area (Å²) in [5.74, 6) is 0.243. The second-order valence-corrected chi connectivity index (χ2v) is 4.19. The molecule has 19 heavy (non-hydrogen) atoms. The highest BCUT2D eigenvalue weighted by molar-refractivity contribution is 6.34. The lowest BCUT2D eigenvalue weighted by molar-refractivity contribution is -0.118. The number of ether oxygens (including phenoxy) is 1. The number of nitrogens with zero attached hydrogens (tertiary/aromatic N) is 2. The number of hydrogen-bond donors (Lipinski definition) is 1. The van der Waals surface area contributed by atoms with E-state index in [9.17, 15) is 4.79 Å². The Morgan fingerprint density at radius 3 is 2.68 bits per heavy atom. The number of carbonyl (C=O) groups is 1. The van der Waals surface area contributed by atoms with Crippen LogP contribution in [0.1, 0.15) is 0 Å². The minimum Gasteiger partial charge on any atom is -0.484 e. The van der Waals surface area contributed by atoms with E-state index in [1.165, 1.54) is 6.20 Å². The molecule has 1 aromatic carbocycles. The van der Waals surface area contributed by atoms with Crippen LogP contribution < -0.4 is 10.1 Å². The molecule has 1 aromatic heterocycles. The monoisotopic (exact) mass is 297 g/mol. The minimum absolute atomic E-state index is 0.0172. The van der Waals surface area contributed by atoms with E-state index in [0.29, 0.717) is 5.75 Å². The summed E-state index contributed by atoms with van der Waals surface area (Å²) in [7, 11) is 0. The molecule has 7 heteroatoms. The van der Waals surface area contributed by atoms with Gasteiger partial charge in [-0.25, -0.2) is 9.97 Å². The summed E-state index contributed by atoms with van der Waals surface area (Å²) in [6, 6.07) is 9.00. The predicted octanol–water partition coefficient (Wildman–Crippen LogP) is 2.80. The first-order valence-electron chi connectivity index (χ1n) is 5.31. The molecule has 98 valence electrons. The molecular formula is C12H9Cl2N3O2. The summed E-state index contributed by atoms with van der Waals surface area (Å²) in [4.78, 5) is 19.1. The molecule has 0 bridgehead atoms. The van der Waals surface area contributed by atoms with Crippen molar-refractivity contribution in [1.82, 2.24) is 9.97 Å². The fourth-order valence-corrected chi connectivity index (χ4v) is 1.63. The Bertz CT molecular complexity index is 578. The number of nitrogens with one attached hydrogen (secondary N) is 1. The Morgan fingerprint density at radius 2 is 2.00 bits per heavy atom. The van der Waals surface area contributed by atoms with E-state index >= 15 is 0 Å². The van der Waals surface area contributed by atoms with Gasteiger partial charge >= 0.3 is 0 Å². The summed E-state index contributed by atoms with van der Waals surface area (Å²) in [5.41, 5.74) is 0.285. The summed E-state index contributed by atoms with van der Waals surface area (Å²) in [6.07, 6.45) is 1.33. The van der Waals surface area contributed by atoms with E-state index in [0.717, 1.165) is 0 Å². The van der Waals surface area contributed by atoms with Gasteiger partial charge in [0.1, 0.15) is 5.75 Å². The lowest BCUT2D eigenvalue weighted by atomic mass is 10.3. The third kappa shape index (κ3) is 4.08. The molecule has 2 aromatic rings. The summed E-state index contributed by atoms with van der Waals surface area (Å²) < 4.78 is 5.28.